The number of hydrogen-bond acceptors (Lipinski definition) is 5. The summed E-state index contributed by atoms with van der Waals surface area (Å²) in [6, 6.07) is 8.23. The average Bonchev–Trinajstić information content (AvgIpc) is 3.58. The maximum absolute atomic E-state index is 14.8. The fourth-order valence-corrected chi connectivity index (χ4v) is 10.2. The highest BCUT2D eigenvalue weighted by Gasteiger charge is 2.77. The van der Waals surface area contributed by atoms with Gasteiger partial charge in [-0.15, -0.1) is 24.9 Å². The number of anilines is 1. The van der Waals surface area contributed by atoms with Gasteiger partial charge in [0.1, 0.15) is 6.04 Å². The number of benzene rings is 1. The van der Waals surface area contributed by atoms with E-state index in [0.717, 1.165) is 31.4 Å². The summed E-state index contributed by atoms with van der Waals surface area (Å²) in [5, 5.41) is 10.6. The molecule has 42 heavy (non-hydrogen) atoms. The van der Waals surface area contributed by atoms with Crippen molar-refractivity contribution >= 4 is 35.2 Å². The summed E-state index contributed by atoms with van der Waals surface area (Å²) in [5.74, 6) is -1.51. The predicted molar refractivity (Wildman–Crippen MR) is 171 cm³/mol. The van der Waals surface area contributed by atoms with Crippen LogP contribution in [0.2, 0.25) is 0 Å². The monoisotopic (exact) mass is 595 g/mol. The molecule has 3 fully saturated rings. The van der Waals surface area contributed by atoms with E-state index in [4.69, 9.17) is 0 Å². The summed E-state index contributed by atoms with van der Waals surface area (Å²) in [5.41, 5.74) is 0.769. The minimum absolute atomic E-state index is 0.0152. The van der Waals surface area contributed by atoms with Crippen LogP contribution in [0.1, 0.15) is 60.3 Å². The second-order valence-corrected chi connectivity index (χ2v) is 14.0. The van der Waals surface area contributed by atoms with Gasteiger partial charge in [-0.05, 0) is 43.7 Å². The first-order valence-electron chi connectivity index (χ1n) is 15.6. The molecule has 0 saturated carbocycles. The highest BCUT2D eigenvalue weighted by Crippen LogP contribution is 2.69. The van der Waals surface area contributed by atoms with Crippen LogP contribution in [0.25, 0.3) is 0 Å². The Bertz CT molecular complexity index is 1160. The Balaban J connectivity index is 1.86. The van der Waals surface area contributed by atoms with Gasteiger partial charge in [-0.3, -0.25) is 14.4 Å². The molecule has 1 aromatic carbocycles. The number of rotatable bonds is 14. The van der Waals surface area contributed by atoms with Crippen LogP contribution in [-0.2, 0) is 14.4 Å². The zero-order chi connectivity index (χ0) is 30.8. The molecule has 3 amide bonds. The third-order valence-electron chi connectivity index (χ3n) is 10.0. The van der Waals surface area contributed by atoms with E-state index in [1.807, 2.05) is 49.1 Å². The van der Waals surface area contributed by atoms with Gasteiger partial charge in [-0.1, -0.05) is 70.9 Å². The lowest BCUT2D eigenvalue weighted by Crippen LogP contribution is -2.61. The first-order valence-corrected chi connectivity index (χ1v) is 16.5. The number of carbonyl (C=O) groups excluding carboxylic acids is 3. The first-order chi connectivity index (χ1) is 20.1. The van der Waals surface area contributed by atoms with Gasteiger partial charge in [-0.25, -0.2) is 0 Å². The van der Waals surface area contributed by atoms with Crippen molar-refractivity contribution in [2.24, 2.45) is 23.7 Å². The number of fused-ring (bicyclic) bond motifs is 1. The molecule has 8 heteroatoms. The zero-order valence-corrected chi connectivity index (χ0v) is 26.8. The molecule has 4 rings (SSSR count). The zero-order valence-electron chi connectivity index (χ0n) is 25.9. The molecule has 0 radical (unpaired) electrons. The summed E-state index contributed by atoms with van der Waals surface area (Å²) in [7, 11) is 0. The molecule has 3 aliphatic rings. The standard InChI is InChI=1S/C34H49N3O4S/c1-8-15-24(7)35(18-9-2)33(41)30-34-23(6)20-27(42-34)28(29(34)32(40)37(30)26(21-38)22(5)11-4)31(39)36(19-10-3)25-16-13-12-14-17-25/h9-10,12-14,16-17,22-24,26-30,38H,2-3,8,11,15,18-21H2,1,4-7H3/t22-,23?,24?,26-,27+,28-,29-,30?,34?/m0/s1. The van der Waals surface area contributed by atoms with Crippen LogP contribution in [-0.4, -0.2) is 80.4 Å². The van der Waals surface area contributed by atoms with Crippen molar-refractivity contribution in [3.8, 4) is 0 Å². The van der Waals surface area contributed by atoms with Crippen molar-refractivity contribution < 1.29 is 19.5 Å². The van der Waals surface area contributed by atoms with Crippen LogP contribution < -0.4 is 4.90 Å². The van der Waals surface area contributed by atoms with Crippen molar-refractivity contribution in [1.29, 1.82) is 0 Å². The molecule has 3 aliphatic heterocycles. The second kappa shape index (κ2) is 13.4. The number of likely N-dealkylation sites (tertiary alicyclic amines) is 1. The maximum atomic E-state index is 14.8. The molecular formula is C34H49N3O4S. The van der Waals surface area contributed by atoms with Crippen LogP contribution >= 0.6 is 11.8 Å². The molecule has 3 heterocycles. The molecule has 7 nitrogen and oxygen atoms in total. The van der Waals surface area contributed by atoms with Crippen LogP contribution in [0.15, 0.2) is 55.6 Å². The lowest BCUT2D eigenvalue weighted by atomic mass is 9.65. The number of aliphatic hydroxyl groups is 1. The molecule has 230 valence electrons. The van der Waals surface area contributed by atoms with Crippen LogP contribution in [0.5, 0.6) is 0 Å². The lowest BCUT2D eigenvalue weighted by Gasteiger charge is -2.44. The number of para-hydroxylation sites is 1. The fourth-order valence-electron chi connectivity index (χ4n) is 7.79. The molecule has 9 atom stereocenters. The van der Waals surface area contributed by atoms with E-state index in [0.29, 0.717) is 13.1 Å². The first kappa shape index (κ1) is 32.3. The largest absolute Gasteiger partial charge is 0.394 e. The van der Waals surface area contributed by atoms with Gasteiger partial charge in [-0.2, -0.15) is 0 Å². The lowest BCUT2D eigenvalue weighted by molar-refractivity contribution is -0.148. The minimum Gasteiger partial charge on any atom is -0.394 e. The van der Waals surface area contributed by atoms with E-state index < -0.39 is 28.7 Å². The van der Waals surface area contributed by atoms with E-state index in [2.05, 4.69) is 33.9 Å². The molecule has 0 aliphatic carbocycles. The van der Waals surface area contributed by atoms with Crippen molar-refractivity contribution in [3.63, 3.8) is 0 Å². The van der Waals surface area contributed by atoms with Crippen molar-refractivity contribution in [2.45, 2.75) is 88.4 Å². The van der Waals surface area contributed by atoms with Crippen LogP contribution in [0.3, 0.4) is 0 Å². The maximum Gasteiger partial charge on any atom is 0.247 e. The summed E-state index contributed by atoms with van der Waals surface area (Å²) < 4.78 is -0.748. The van der Waals surface area contributed by atoms with Crippen molar-refractivity contribution in [2.75, 3.05) is 24.6 Å². The number of aliphatic hydroxyl groups excluding tert-OH is 1. The van der Waals surface area contributed by atoms with E-state index >= 15 is 0 Å². The molecule has 0 aromatic heterocycles. The third-order valence-corrected chi connectivity index (χ3v) is 12.1. The van der Waals surface area contributed by atoms with Gasteiger partial charge < -0.3 is 19.8 Å². The predicted octanol–water partition coefficient (Wildman–Crippen LogP) is 5.15. The SMILES string of the molecule is C=CCN(C(=O)[C@@H]1[C@H]2C(=O)N([C@@H](CO)[C@@H](C)CC)C(C(=O)N(CC=C)C(C)CCC)C23S[C@@H]1CC3C)c1ccccc1. The Labute approximate surface area is 256 Å². The number of nitrogens with zero attached hydrogens (tertiary/aromatic N) is 3. The Morgan fingerprint density at radius 3 is 2.38 bits per heavy atom. The molecule has 1 N–H and O–H groups in total. The quantitative estimate of drug-likeness (QED) is 0.301. The molecular weight excluding hydrogens is 546 g/mol. The van der Waals surface area contributed by atoms with E-state index in [9.17, 15) is 19.5 Å². The van der Waals surface area contributed by atoms with Gasteiger partial charge in [0.2, 0.25) is 17.7 Å². The van der Waals surface area contributed by atoms with E-state index in [-0.39, 0.29) is 47.5 Å². The highest BCUT2D eigenvalue weighted by atomic mass is 32.2. The van der Waals surface area contributed by atoms with Gasteiger partial charge in [0, 0.05) is 30.1 Å². The van der Waals surface area contributed by atoms with Crippen LogP contribution in [0, 0.1) is 23.7 Å². The normalized spacial score (nSPS) is 30.0. The van der Waals surface area contributed by atoms with Gasteiger partial charge >= 0.3 is 0 Å². The average molecular weight is 596 g/mol. The number of thioether (sulfide) groups is 1. The van der Waals surface area contributed by atoms with Crippen LogP contribution in [0.4, 0.5) is 5.69 Å². The smallest absolute Gasteiger partial charge is 0.247 e. The minimum atomic E-state index is -0.757. The third kappa shape index (κ3) is 5.23. The Morgan fingerprint density at radius 1 is 1.14 bits per heavy atom. The topological polar surface area (TPSA) is 81.2 Å². The summed E-state index contributed by atoms with van der Waals surface area (Å²) in [4.78, 5) is 49.4. The molecule has 2 bridgehead atoms. The Hall–Kier alpha value is -2.58. The van der Waals surface area contributed by atoms with Crippen molar-refractivity contribution in [3.05, 3.63) is 55.6 Å². The summed E-state index contributed by atoms with van der Waals surface area (Å²) in [6.45, 7) is 18.7. The highest BCUT2D eigenvalue weighted by molar-refractivity contribution is 8.02. The summed E-state index contributed by atoms with van der Waals surface area (Å²) >= 11 is 1.69. The Kier molecular flexibility index (Phi) is 10.3. The Morgan fingerprint density at radius 2 is 1.81 bits per heavy atom. The van der Waals surface area contributed by atoms with E-state index in [1.54, 1.807) is 33.7 Å². The van der Waals surface area contributed by atoms with E-state index in [1.165, 1.54) is 0 Å². The van der Waals surface area contributed by atoms with Gasteiger partial charge in [0.15, 0.2) is 0 Å². The fraction of sp³-hybridized carbons (Fsp3) is 0.618. The van der Waals surface area contributed by atoms with Gasteiger partial charge in [0.25, 0.3) is 0 Å². The number of amides is 3. The van der Waals surface area contributed by atoms with Crippen molar-refractivity contribution in [1.82, 2.24) is 9.80 Å². The molecule has 1 spiro atoms. The molecule has 1 aromatic rings. The number of carbonyl (C=O) groups is 3. The summed E-state index contributed by atoms with van der Waals surface area (Å²) in [6.07, 6.45) is 6.75. The second-order valence-electron chi connectivity index (χ2n) is 12.4. The molecule has 4 unspecified atom stereocenters. The van der Waals surface area contributed by atoms with Gasteiger partial charge in [0.05, 0.1) is 29.2 Å². The number of hydrogen-bond donors (Lipinski definition) is 1. The molecule has 3 saturated heterocycles.